The minimum absolute atomic E-state index is 0.220. The Bertz CT molecular complexity index is 700. The van der Waals surface area contributed by atoms with E-state index in [-0.39, 0.29) is 18.1 Å². The molecule has 0 bridgehead atoms. The van der Waals surface area contributed by atoms with Crippen molar-refractivity contribution in [1.82, 2.24) is 4.90 Å². The van der Waals surface area contributed by atoms with Crippen LogP contribution in [0.15, 0.2) is 18.2 Å². The van der Waals surface area contributed by atoms with Gasteiger partial charge in [-0.25, -0.2) is 4.79 Å². The third-order valence-electron chi connectivity index (χ3n) is 5.50. The SMILES string of the molecule is CN(CC1CC(OCC2CC2)CC1c1ccc(Cl)c(Cl)c1)C(=O)OC(C)(C)C. The van der Waals surface area contributed by atoms with Crippen molar-refractivity contribution >= 4 is 29.3 Å². The van der Waals surface area contributed by atoms with Crippen molar-refractivity contribution in [2.75, 3.05) is 20.2 Å². The van der Waals surface area contributed by atoms with Crippen molar-refractivity contribution in [2.45, 2.75) is 64.1 Å². The largest absolute Gasteiger partial charge is 0.444 e. The lowest BCUT2D eigenvalue weighted by molar-refractivity contribution is 0.0250. The van der Waals surface area contributed by atoms with Crippen LogP contribution in [-0.2, 0) is 9.47 Å². The van der Waals surface area contributed by atoms with Crippen LogP contribution in [0.3, 0.4) is 0 Å². The van der Waals surface area contributed by atoms with E-state index in [2.05, 4.69) is 0 Å². The number of hydrogen-bond donors (Lipinski definition) is 0. The van der Waals surface area contributed by atoms with Gasteiger partial charge in [0, 0.05) is 20.2 Å². The summed E-state index contributed by atoms with van der Waals surface area (Å²) in [5.41, 5.74) is 0.662. The summed E-state index contributed by atoms with van der Waals surface area (Å²) in [6, 6.07) is 5.85. The molecule has 0 heterocycles. The summed E-state index contributed by atoms with van der Waals surface area (Å²) in [7, 11) is 1.80. The van der Waals surface area contributed by atoms with E-state index in [1.807, 2.05) is 39.0 Å². The Balaban J connectivity index is 1.70. The Labute approximate surface area is 178 Å². The predicted octanol–water partition coefficient (Wildman–Crippen LogP) is 6.15. The molecule has 0 aromatic heterocycles. The Morgan fingerprint density at radius 1 is 1.18 bits per heavy atom. The molecule has 1 aromatic rings. The van der Waals surface area contributed by atoms with Gasteiger partial charge in [-0.2, -0.15) is 0 Å². The van der Waals surface area contributed by atoms with Crippen molar-refractivity contribution in [1.29, 1.82) is 0 Å². The molecule has 2 aliphatic carbocycles. The first-order valence-electron chi connectivity index (χ1n) is 10.1. The molecule has 4 nitrogen and oxygen atoms in total. The molecule has 6 heteroatoms. The zero-order valence-corrected chi connectivity index (χ0v) is 18.7. The highest BCUT2D eigenvalue weighted by atomic mass is 35.5. The topological polar surface area (TPSA) is 38.8 Å². The third kappa shape index (κ3) is 6.01. The van der Waals surface area contributed by atoms with Gasteiger partial charge < -0.3 is 14.4 Å². The van der Waals surface area contributed by atoms with Gasteiger partial charge in [0.2, 0.25) is 0 Å². The van der Waals surface area contributed by atoms with Gasteiger partial charge in [-0.1, -0.05) is 29.3 Å². The molecular formula is C22H31Cl2NO3. The molecule has 3 atom stereocenters. The molecular weight excluding hydrogens is 397 g/mol. The molecule has 3 unspecified atom stereocenters. The summed E-state index contributed by atoms with van der Waals surface area (Å²) in [5.74, 6) is 1.31. The van der Waals surface area contributed by atoms with E-state index in [4.69, 9.17) is 32.7 Å². The Hall–Kier alpha value is -0.970. The second-order valence-corrected chi connectivity index (χ2v) is 10.1. The molecule has 0 spiro atoms. The average Bonchev–Trinajstić information content (AvgIpc) is 3.34. The summed E-state index contributed by atoms with van der Waals surface area (Å²) in [6.45, 7) is 7.13. The number of nitrogens with zero attached hydrogens (tertiary/aromatic N) is 1. The molecule has 0 aliphatic heterocycles. The minimum atomic E-state index is -0.500. The molecule has 2 aliphatic rings. The third-order valence-corrected chi connectivity index (χ3v) is 6.24. The summed E-state index contributed by atoms with van der Waals surface area (Å²) < 4.78 is 11.7. The molecule has 2 fully saturated rings. The predicted molar refractivity (Wildman–Crippen MR) is 113 cm³/mol. The van der Waals surface area contributed by atoms with E-state index >= 15 is 0 Å². The van der Waals surface area contributed by atoms with Crippen molar-refractivity contribution in [3.05, 3.63) is 33.8 Å². The number of benzene rings is 1. The summed E-state index contributed by atoms with van der Waals surface area (Å²) in [6.07, 6.45) is 4.38. The molecule has 0 N–H and O–H groups in total. The smallest absolute Gasteiger partial charge is 0.410 e. The highest BCUT2D eigenvalue weighted by molar-refractivity contribution is 6.42. The maximum absolute atomic E-state index is 12.4. The lowest BCUT2D eigenvalue weighted by Gasteiger charge is -2.28. The fraction of sp³-hybridized carbons (Fsp3) is 0.682. The first-order chi connectivity index (χ1) is 13.1. The molecule has 28 heavy (non-hydrogen) atoms. The summed E-state index contributed by atoms with van der Waals surface area (Å²) in [5, 5.41) is 1.13. The average molecular weight is 428 g/mol. The second-order valence-electron chi connectivity index (χ2n) is 9.27. The highest BCUT2D eigenvalue weighted by Crippen LogP contribution is 2.43. The van der Waals surface area contributed by atoms with Gasteiger partial charge in [0.25, 0.3) is 0 Å². The van der Waals surface area contributed by atoms with Gasteiger partial charge in [-0.05, 0) is 81.9 Å². The summed E-state index contributed by atoms with van der Waals surface area (Å²) in [4.78, 5) is 14.1. The highest BCUT2D eigenvalue weighted by Gasteiger charge is 2.38. The van der Waals surface area contributed by atoms with E-state index in [9.17, 15) is 4.79 Å². The number of carbonyl (C=O) groups is 1. The van der Waals surface area contributed by atoms with Crippen LogP contribution < -0.4 is 0 Å². The van der Waals surface area contributed by atoms with E-state index in [1.165, 1.54) is 12.8 Å². The normalized spacial score (nSPS) is 25.0. The fourth-order valence-corrected chi connectivity index (χ4v) is 4.19. The van der Waals surface area contributed by atoms with Crippen LogP contribution in [0.2, 0.25) is 10.0 Å². The van der Waals surface area contributed by atoms with Gasteiger partial charge in [0.05, 0.1) is 16.1 Å². The van der Waals surface area contributed by atoms with Gasteiger partial charge in [0.1, 0.15) is 5.60 Å². The molecule has 1 amide bonds. The van der Waals surface area contributed by atoms with Gasteiger partial charge in [-0.15, -0.1) is 0 Å². The minimum Gasteiger partial charge on any atom is -0.444 e. The second kappa shape index (κ2) is 8.81. The van der Waals surface area contributed by atoms with Crippen LogP contribution in [-0.4, -0.2) is 42.9 Å². The van der Waals surface area contributed by atoms with Crippen LogP contribution in [0.4, 0.5) is 4.79 Å². The molecule has 3 rings (SSSR count). The maximum Gasteiger partial charge on any atom is 0.410 e. The zero-order valence-electron chi connectivity index (χ0n) is 17.2. The molecule has 0 radical (unpaired) electrons. The van der Waals surface area contributed by atoms with E-state index in [0.29, 0.717) is 22.5 Å². The van der Waals surface area contributed by atoms with Crippen LogP contribution in [0.25, 0.3) is 0 Å². The number of carbonyl (C=O) groups excluding carboxylic acids is 1. The number of rotatable bonds is 6. The summed E-state index contributed by atoms with van der Waals surface area (Å²) >= 11 is 12.4. The van der Waals surface area contributed by atoms with Gasteiger partial charge in [0.15, 0.2) is 0 Å². The number of ether oxygens (including phenoxy) is 2. The number of halogens is 2. The van der Waals surface area contributed by atoms with Crippen molar-refractivity contribution in [3.63, 3.8) is 0 Å². The Kier molecular flexibility index (Phi) is 6.84. The first kappa shape index (κ1) is 21.7. The standard InChI is InChI=1S/C22H31Cl2NO3/c1-22(2,3)28-21(26)25(4)12-16-9-17(27-13-14-5-6-14)11-18(16)15-7-8-19(23)20(24)10-15/h7-8,10,14,16-18H,5-6,9,11-13H2,1-4H3. The lowest BCUT2D eigenvalue weighted by atomic mass is 9.88. The Morgan fingerprint density at radius 3 is 2.50 bits per heavy atom. The monoisotopic (exact) mass is 427 g/mol. The van der Waals surface area contributed by atoms with Crippen LogP contribution in [0.5, 0.6) is 0 Å². The van der Waals surface area contributed by atoms with Crippen molar-refractivity contribution in [3.8, 4) is 0 Å². The lowest BCUT2D eigenvalue weighted by Crippen LogP contribution is -2.37. The number of amides is 1. The molecule has 156 valence electrons. The van der Waals surface area contributed by atoms with Crippen LogP contribution in [0.1, 0.15) is 57.9 Å². The Morgan fingerprint density at radius 2 is 1.89 bits per heavy atom. The van der Waals surface area contributed by atoms with E-state index in [0.717, 1.165) is 30.9 Å². The zero-order chi connectivity index (χ0) is 20.5. The first-order valence-corrected chi connectivity index (χ1v) is 10.9. The van der Waals surface area contributed by atoms with Crippen LogP contribution in [0, 0.1) is 11.8 Å². The van der Waals surface area contributed by atoms with Crippen LogP contribution >= 0.6 is 23.2 Å². The molecule has 0 saturated heterocycles. The quantitative estimate of drug-likeness (QED) is 0.546. The van der Waals surface area contributed by atoms with Gasteiger partial charge >= 0.3 is 6.09 Å². The number of hydrogen-bond acceptors (Lipinski definition) is 3. The van der Waals surface area contributed by atoms with Crippen molar-refractivity contribution in [2.24, 2.45) is 11.8 Å². The van der Waals surface area contributed by atoms with E-state index in [1.54, 1.807) is 11.9 Å². The molecule has 2 saturated carbocycles. The molecule has 1 aromatic carbocycles. The fourth-order valence-electron chi connectivity index (χ4n) is 3.89. The maximum atomic E-state index is 12.4. The van der Waals surface area contributed by atoms with Gasteiger partial charge in [-0.3, -0.25) is 0 Å². The van der Waals surface area contributed by atoms with Crippen molar-refractivity contribution < 1.29 is 14.3 Å². The van der Waals surface area contributed by atoms with E-state index < -0.39 is 5.60 Å².